The number of benzene rings is 1. The Kier molecular flexibility index (Phi) is 3.08. The van der Waals surface area contributed by atoms with Crippen molar-refractivity contribution in [2.75, 3.05) is 18.0 Å². The van der Waals surface area contributed by atoms with Crippen LogP contribution in [0.2, 0.25) is 0 Å². The van der Waals surface area contributed by atoms with Crippen molar-refractivity contribution in [2.45, 2.75) is 11.4 Å². The number of rotatable bonds is 3. The van der Waals surface area contributed by atoms with Crippen molar-refractivity contribution in [3.63, 3.8) is 0 Å². The number of hydrogen-bond acceptors (Lipinski definition) is 4. The van der Waals surface area contributed by atoms with Crippen LogP contribution in [0.25, 0.3) is 0 Å². The van der Waals surface area contributed by atoms with E-state index in [9.17, 15) is 17.2 Å². The Hall–Kier alpha value is -2.16. The molecule has 6 nitrogen and oxygen atoms in total. The second kappa shape index (κ2) is 4.69. The van der Waals surface area contributed by atoms with Gasteiger partial charge in [-0.2, -0.15) is 5.10 Å². The predicted molar refractivity (Wildman–Crippen MR) is 69.7 cm³/mol. The molecule has 2 aromatic rings. The lowest BCUT2D eigenvalue weighted by molar-refractivity contribution is 0.358. The first-order valence-electron chi connectivity index (χ1n) is 6.02. The normalized spacial score (nSPS) is 14.3. The number of fused-ring (bicyclic) bond motifs is 1. The van der Waals surface area contributed by atoms with Crippen molar-refractivity contribution in [1.82, 2.24) is 9.78 Å². The van der Waals surface area contributed by atoms with Gasteiger partial charge in [-0.05, 0) is 12.1 Å². The highest BCUT2D eigenvalue weighted by atomic mass is 32.2. The molecule has 0 saturated heterocycles. The lowest BCUT2D eigenvalue weighted by Crippen LogP contribution is -2.29. The molecular weight excluding hydrogens is 304 g/mol. The standard InChI is InChI=1S/C12H11F2N3O3S/c1-20-12-9(13)6-8(7-10(12)14)21(18,19)17-5-4-16-11(17)2-3-15-16/h2-3,6-7H,4-5H2,1H3. The average Bonchev–Trinajstić information content (AvgIpc) is 3.00. The molecule has 2 heterocycles. The predicted octanol–water partition coefficient (Wildman–Crippen LogP) is 1.38. The van der Waals surface area contributed by atoms with Gasteiger partial charge in [0.2, 0.25) is 0 Å². The summed E-state index contributed by atoms with van der Waals surface area (Å²) < 4.78 is 59.5. The van der Waals surface area contributed by atoms with Gasteiger partial charge in [0.15, 0.2) is 17.4 Å². The summed E-state index contributed by atoms with van der Waals surface area (Å²) in [5, 5.41) is 3.96. The molecule has 112 valence electrons. The summed E-state index contributed by atoms with van der Waals surface area (Å²) in [6.45, 7) is 0.559. The van der Waals surface area contributed by atoms with Crippen LogP contribution in [0.4, 0.5) is 14.6 Å². The molecule has 0 unspecified atom stereocenters. The topological polar surface area (TPSA) is 64.4 Å². The molecule has 1 aliphatic heterocycles. The largest absolute Gasteiger partial charge is 0.491 e. The summed E-state index contributed by atoms with van der Waals surface area (Å²) >= 11 is 0. The molecule has 1 aliphatic rings. The van der Waals surface area contributed by atoms with E-state index in [0.717, 1.165) is 23.5 Å². The molecule has 0 spiro atoms. The maximum atomic E-state index is 13.7. The molecule has 0 aliphatic carbocycles. The van der Waals surface area contributed by atoms with Gasteiger partial charge in [0.25, 0.3) is 10.0 Å². The average molecular weight is 315 g/mol. The van der Waals surface area contributed by atoms with Gasteiger partial charge in [0, 0.05) is 6.07 Å². The second-order valence-electron chi connectivity index (χ2n) is 4.41. The summed E-state index contributed by atoms with van der Waals surface area (Å²) in [5.41, 5.74) is 0. The number of aromatic nitrogens is 2. The van der Waals surface area contributed by atoms with Crippen LogP contribution in [0.1, 0.15) is 0 Å². The van der Waals surface area contributed by atoms with Crippen LogP contribution in [0.15, 0.2) is 29.3 Å². The molecule has 1 aromatic carbocycles. The molecule has 1 aromatic heterocycles. The van der Waals surface area contributed by atoms with E-state index in [0.29, 0.717) is 12.4 Å². The van der Waals surface area contributed by atoms with Crippen LogP contribution in [-0.2, 0) is 16.6 Å². The first-order chi connectivity index (χ1) is 9.95. The lowest BCUT2D eigenvalue weighted by Gasteiger charge is -2.17. The number of nitrogens with zero attached hydrogens (tertiary/aromatic N) is 3. The van der Waals surface area contributed by atoms with Gasteiger partial charge in [-0.3, -0.25) is 0 Å². The van der Waals surface area contributed by atoms with Crippen LogP contribution in [0.3, 0.4) is 0 Å². The minimum Gasteiger partial charge on any atom is -0.491 e. The van der Waals surface area contributed by atoms with Crippen LogP contribution in [0.5, 0.6) is 5.75 Å². The molecule has 0 radical (unpaired) electrons. The van der Waals surface area contributed by atoms with Gasteiger partial charge < -0.3 is 4.74 Å². The fourth-order valence-electron chi connectivity index (χ4n) is 2.26. The molecule has 0 N–H and O–H groups in total. The van der Waals surface area contributed by atoms with Crippen molar-refractivity contribution in [2.24, 2.45) is 0 Å². The Morgan fingerprint density at radius 3 is 2.52 bits per heavy atom. The molecule has 0 fully saturated rings. The third-order valence-corrected chi connectivity index (χ3v) is 5.01. The zero-order chi connectivity index (χ0) is 15.2. The summed E-state index contributed by atoms with van der Waals surface area (Å²) in [5.74, 6) is -2.38. The minimum atomic E-state index is -4.06. The molecular formula is C12H11F2N3O3S. The molecule has 21 heavy (non-hydrogen) atoms. The fourth-order valence-corrected chi connectivity index (χ4v) is 3.74. The Morgan fingerprint density at radius 2 is 1.90 bits per heavy atom. The highest BCUT2D eigenvalue weighted by Gasteiger charge is 2.32. The molecule has 0 bridgehead atoms. The van der Waals surface area contributed by atoms with Crippen LogP contribution in [-0.4, -0.2) is 31.9 Å². The van der Waals surface area contributed by atoms with Crippen molar-refractivity contribution in [3.8, 4) is 5.75 Å². The Morgan fingerprint density at radius 1 is 1.24 bits per heavy atom. The van der Waals surface area contributed by atoms with Gasteiger partial charge in [0.1, 0.15) is 5.82 Å². The Bertz CT molecular complexity index is 781. The number of methoxy groups -OCH3 is 1. The van der Waals surface area contributed by atoms with Crippen molar-refractivity contribution >= 4 is 15.8 Å². The molecule has 0 saturated carbocycles. The number of hydrogen-bond donors (Lipinski definition) is 0. The van der Waals surface area contributed by atoms with Crippen LogP contribution in [0, 0.1) is 11.6 Å². The molecule has 9 heteroatoms. The quantitative estimate of drug-likeness (QED) is 0.858. The lowest BCUT2D eigenvalue weighted by atomic mass is 10.3. The van der Waals surface area contributed by atoms with E-state index in [2.05, 4.69) is 9.84 Å². The fraction of sp³-hybridized carbons (Fsp3) is 0.250. The van der Waals surface area contributed by atoms with Gasteiger partial charge in [-0.25, -0.2) is 26.2 Å². The van der Waals surface area contributed by atoms with Gasteiger partial charge >= 0.3 is 0 Å². The number of ether oxygens (including phenoxy) is 1. The smallest absolute Gasteiger partial charge is 0.265 e. The van der Waals surface area contributed by atoms with Gasteiger partial charge in [0.05, 0.1) is 31.3 Å². The third-order valence-electron chi connectivity index (χ3n) is 3.23. The van der Waals surface area contributed by atoms with E-state index in [4.69, 9.17) is 0 Å². The maximum absolute atomic E-state index is 13.7. The summed E-state index contributed by atoms with van der Waals surface area (Å²) in [6, 6.07) is 3.02. The zero-order valence-corrected chi connectivity index (χ0v) is 11.8. The summed E-state index contributed by atoms with van der Waals surface area (Å²) in [6.07, 6.45) is 1.46. The van der Waals surface area contributed by atoms with Crippen LogP contribution >= 0.6 is 0 Å². The zero-order valence-electron chi connectivity index (χ0n) is 11.0. The monoisotopic (exact) mass is 315 g/mol. The molecule has 3 rings (SSSR count). The molecule has 0 atom stereocenters. The van der Waals surface area contributed by atoms with Gasteiger partial charge in [-0.15, -0.1) is 0 Å². The van der Waals surface area contributed by atoms with Crippen LogP contribution < -0.4 is 9.04 Å². The number of sulfonamides is 1. The third kappa shape index (κ3) is 2.04. The number of anilines is 1. The number of halogens is 2. The van der Waals surface area contributed by atoms with Crippen molar-refractivity contribution < 1.29 is 21.9 Å². The Labute approximate surface area is 119 Å². The maximum Gasteiger partial charge on any atom is 0.265 e. The van der Waals surface area contributed by atoms with E-state index in [-0.39, 0.29) is 6.54 Å². The second-order valence-corrected chi connectivity index (χ2v) is 6.27. The van der Waals surface area contributed by atoms with Crippen molar-refractivity contribution in [1.29, 1.82) is 0 Å². The highest BCUT2D eigenvalue weighted by molar-refractivity contribution is 7.92. The highest BCUT2D eigenvalue weighted by Crippen LogP contribution is 2.31. The van der Waals surface area contributed by atoms with E-state index in [1.807, 2.05) is 0 Å². The van der Waals surface area contributed by atoms with E-state index in [1.54, 1.807) is 0 Å². The summed E-state index contributed by atoms with van der Waals surface area (Å²) in [4.78, 5) is -0.465. The van der Waals surface area contributed by atoms with Gasteiger partial charge in [-0.1, -0.05) is 0 Å². The van der Waals surface area contributed by atoms with E-state index in [1.165, 1.54) is 16.9 Å². The van der Waals surface area contributed by atoms with Crippen molar-refractivity contribution in [3.05, 3.63) is 36.0 Å². The van der Waals surface area contributed by atoms with E-state index < -0.39 is 32.3 Å². The minimum absolute atomic E-state index is 0.167. The first-order valence-corrected chi connectivity index (χ1v) is 7.47. The summed E-state index contributed by atoms with van der Waals surface area (Å²) in [7, 11) is -2.95. The Balaban J connectivity index is 2.08. The SMILES string of the molecule is COc1c(F)cc(S(=O)(=O)N2CCn3nccc32)cc1F. The molecule has 0 amide bonds. The first kappa shape index (κ1) is 13.8. The van der Waals surface area contributed by atoms with E-state index >= 15 is 0 Å².